The molecule has 3 heteroatoms. The second-order valence-electron chi connectivity index (χ2n) is 4.91. The zero-order chi connectivity index (χ0) is 12.8. The van der Waals surface area contributed by atoms with Crippen molar-refractivity contribution in [3.8, 4) is 6.07 Å². The van der Waals surface area contributed by atoms with Crippen LogP contribution >= 0.6 is 0 Å². The molecule has 1 saturated carbocycles. The molecule has 1 aromatic rings. The number of hydrogen-bond acceptors (Lipinski definition) is 2. The van der Waals surface area contributed by atoms with Gasteiger partial charge in [0, 0.05) is 19.0 Å². The van der Waals surface area contributed by atoms with Crippen LogP contribution in [-0.4, -0.2) is 24.0 Å². The predicted molar refractivity (Wildman–Crippen MR) is 69.5 cm³/mol. The van der Waals surface area contributed by atoms with Gasteiger partial charge in [0.25, 0.3) is 0 Å². The summed E-state index contributed by atoms with van der Waals surface area (Å²) in [6, 6.07) is 9.73. The minimum absolute atomic E-state index is 0.157. The lowest BCUT2D eigenvalue weighted by molar-refractivity contribution is 0.264. The Morgan fingerprint density at radius 2 is 2.17 bits per heavy atom. The Hall–Kier alpha value is -1.40. The van der Waals surface area contributed by atoms with Crippen molar-refractivity contribution >= 4 is 0 Å². The number of halogens is 1. The average Bonchev–Trinajstić information content (AvgIpc) is 3.18. The Morgan fingerprint density at radius 1 is 1.33 bits per heavy atom. The van der Waals surface area contributed by atoms with Crippen LogP contribution in [0, 0.1) is 17.1 Å². The zero-order valence-corrected chi connectivity index (χ0v) is 10.6. The summed E-state index contributed by atoms with van der Waals surface area (Å²) in [5.41, 5.74) is 1.06. The van der Waals surface area contributed by atoms with Crippen LogP contribution in [0.15, 0.2) is 24.3 Å². The molecule has 0 heterocycles. The van der Waals surface area contributed by atoms with Crippen molar-refractivity contribution in [2.24, 2.45) is 0 Å². The fraction of sp³-hybridized carbons (Fsp3) is 0.533. The van der Waals surface area contributed by atoms with Gasteiger partial charge < -0.3 is 4.90 Å². The first kappa shape index (κ1) is 13.0. The maximum atomic E-state index is 13.1. The van der Waals surface area contributed by atoms with Gasteiger partial charge in [0.05, 0.1) is 6.07 Å². The summed E-state index contributed by atoms with van der Waals surface area (Å²) in [5, 5.41) is 8.56. The summed E-state index contributed by atoms with van der Waals surface area (Å²) in [6.07, 6.45) is 5.01. The summed E-state index contributed by atoms with van der Waals surface area (Å²) in [7, 11) is 0. The molecule has 0 aliphatic heterocycles. The van der Waals surface area contributed by atoms with Gasteiger partial charge in [0.1, 0.15) is 5.82 Å². The molecule has 0 N–H and O–H groups in total. The highest BCUT2D eigenvalue weighted by atomic mass is 19.1. The minimum atomic E-state index is -0.157. The van der Waals surface area contributed by atoms with E-state index in [1.54, 1.807) is 12.1 Å². The molecule has 0 radical (unpaired) electrons. The average molecular weight is 246 g/mol. The van der Waals surface area contributed by atoms with E-state index in [0.717, 1.165) is 31.5 Å². The molecule has 2 rings (SSSR count). The largest absolute Gasteiger partial charge is 0.300 e. The highest BCUT2D eigenvalue weighted by Gasteiger charge is 2.27. The molecule has 0 unspecified atom stereocenters. The molecule has 0 aromatic heterocycles. The summed E-state index contributed by atoms with van der Waals surface area (Å²) in [5.74, 6) is -0.157. The van der Waals surface area contributed by atoms with Gasteiger partial charge in [0.15, 0.2) is 0 Å². The zero-order valence-electron chi connectivity index (χ0n) is 10.6. The van der Waals surface area contributed by atoms with Crippen LogP contribution in [0.25, 0.3) is 0 Å². The van der Waals surface area contributed by atoms with Crippen molar-refractivity contribution < 1.29 is 4.39 Å². The number of benzene rings is 1. The van der Waals surface area contributed by atoms with E-state index in [4.69, 9.17) is 5.26 Å². The lowest BCUT2D eigenvalue weighted by atomic mass is 10.1. The van der Waals surface area contributed by atoms with Gasteiger partial charge in [-0.3, -0.25) is 0 Å². The van der Waals surface area contributed by atoms with Gasteiger partial charge in [-0.15, -0.1) is 0 Å². The molecule has 0 bridgehead atoms. The molecule has 1 aliphatic rings. The Morgan fingerprint density at radius 3 is 2.83 bits per heavy atom. The van der Waals surface area contributed by atoms with Crippen LogP contribution in [0.4, 0.5) is 4.39 Å². The van der Waals surface area contributed by atoms with E-state index in [9.17, 15) is 4.39 Å². The van der Waals surface area contributed by atoms with E-state index in [1.807, 2.05) is 6.07 Å². The van der Waals surface area contributed by atoms with Crippen LogP contribution < -0.4 is 0 Å². The molecular weight excluding hydrogens is 227 g/mol. The molecule has 0 saturated heterocycles. The quantitative estimate of drug-likeness (QED) is 0.691. The summed E-state index contributed by atoms with van der Waals surface area (Å²) < 4.78 is 13.1. The third kappa shape index (κ3) is 4.12. The summed E-state index contributed by atoms with van der Waals surface area (Å²) >= 11 is 0. The second kappa shape index (κ2) is 6.51. The molecule has 0 atom stereocenters. The van der Waals surface area contributed by atoms with Gasteiger partial charge in [0.2, 0.25) is 0 Å². The number of nitrogens with zero attached hydrogens (tertiary/aromatic N) is 2. The standard InChI is InChI=1S/C15H19FN2/c16-14-5-3-4-13(12-14)8-11-18(15-6-7-15)10-2-1-9-17/h3-5,12,15H,1-2,6-8,10-11H2. The third-order valence-corrected chi connectivity index (χ3v) is 3.37. The van der Waals surface area contributed by atoms with E-state index >= 15 is 0 Å². The fourth-order valence-electron chi connectivity index (χ4n) is 2.24. The monoisotopic (exact) mass is 246 g/mol. The third-order valence-electron chi connectivity index (χ3n) is 3.37. The predicted octanol–water partition coefficient (Wildman–Crippen LogP) is 3.14. The lowest BCUT2D eigenvalue weighted by Crippen LogP contribution is -2.29. The van der Waals surface area contributed by atoms with Crippen LogP contribution in [0.3, 0.4) is 0 Å². The Bertz CT molecular complexity index is 421. The van der Waals surface area contributed by atoms with E-state index in [-0.39, 0.29) is 5.82 Å². The van der Waals surface area contributed by atoms with Crippen molar-refractivity contribution in [3.63, 3.8) is 0 Å². The second-order valence-corrected chi connectivity index (χ2v) is 4.91. The van der Waals surface area contributed by atoms with Crippen molar-refractivity contribution in [1.82, 2.24) is 4.90 Å². The first-order valence-corrected chi connectivity index (χ1v) is 6.65. The van der Waals surface area contributed by atoms with E-state index in [0.29, 0.717) is 12.5 Å². The van der Waals surface area contributed by atoms with Gasteiger partial charge >= 0.3 is 0 Å². The van der Waals surface area contributed by atoms with E-state index in [1.165, 1.54) is 18.9 Å². The fourth-order valence-corrected chi connectivity index (χ4v) is 2.24. The van der Waals surface area contributed by atoms with Gasteiger partial charge in [-0.25, -0.2) is 4.39 Å². The molecule has 1 fully saturated rings. The van der Waals surface area contributed by atoms with Crippen LogP contribution in [-0.2, 0) is 6.42 Å². The molecule has 18 heavy (non-hydrogen) atoms. The topological polar surface area (TPSA) is 27.0 Å². The molecular formula is C15H19FN2. The van der Waals surface area contributed by atoms with Gasteiger partial charge in [-0.05, 0) is 49.9 Å². The molecule has 1 aromatic carbocycles. The molecule has 1 aliphatic carbocycles. The highest BCUT2D eigenvalue weighted by Crippen LogP contribution is 2.27. The molecule has 96 valence electrons. The number of nitriles is 1. The van der Waals surface area contributed by atoms with E-state index in [2.05, 4.69) is 11.0 Å². The Balaban J connectivity index is 1.80. The van der Waals surface area contributed by atoms with E-state index < -0.39 is 0 Å². The summed E-state index contributed by atoms with van der Waals surface area (Å²) in [4.78, 5) is 2.45. The van der Waals surface area contributed by atoms with Gasteiger partial charge in [-0.1, -0.05) is 12.1 Å². The number of rotatable bonds is 7. The Labute approximate surface area is 108 Å². The normalized spacial score (nSPS) is 14.7. The van der Waals surface area contributed by atoms with Crippen molar-refractivity contribution in [2.75, 3.05) is 13.1 Å². The SMILES string of the molecule is N#CCCCN(CCc1cccc(F)c1)C1CC1. The summed E-state index contributed by atoms with van der Waals surface area (Å²) in [6.45, 7) is 1.97. The lowest BCUT2D eigenvalue weighted by Gasteiger charge is -2.21. The number of hydrogen-bond donors (Lipinski definition) is 0. The first-order chi connectivity index (χ1) is 8.79. The van der Waals surface area contributed by atoms with Crippen LogP contribution in [0.2, 0.25) is 0 Å². The smallest absolute Gasteiger partial charge is 0.123 e. The molecule has 0 spiro atoms. The van der Waals surface area contributed by atoms with Crippen molar-refractivity contribution in [1.29, 1.82) is 5.26 Å². The maximum absolute atomic E-state index is 13.1. The maximum Gasteiger partial charge on any atom is 0.123 e. The highest BCUT2D eigenvalue weighted by molar-refractivity contribution is 5.16. The van der Waals surface area contributed by atoms with Crippen molar-refractivity contribution in [3.05, 3.63) is 35.6 Å². The molecule has 2 nitrogen and oxygen atoms in total. The van der Waals surface area contributed by atoms with Crippen molar-refractivity contribution in [2.45, 2.75) is 38.1 Å². The minimum Gasteiger partial charge on any atom is -0.300 e. The van der Waals surface area contributed by atoms with Crippen LogP contribution in [0.5, 0.6) is 0 Å². The molecule has 0 amide bonds. The Kier molecular flexibility index (Phi) is 4.72. The van der Waals surface area contributed by atoms with Crippen LogP contribution in [0.1, 0.15) is 31.2 Å². The first-order valence-electron chi connectivity index (χ1n) is 6.65. The van der Waals surface area contributed by atoms with Gasteiger partial charge in [-0.2, -0.15) is 5.26 Å². The number of unbranched alkanes of at least 4 members (excludes halogenated alkanes) is 1.